The number of carbonyl (C=O) groups is 1. The minimum atomic E-state index is -3.34. The molecule has 1 amide bonds. The van der Waals surface area contributed by atoms with E-state index in [9.17, 15) is 13.2 Å². The molecule has 2 aromatic rings. The van der Waals surface area contributed by atoms with Crippen molar-refractivity contribution < 1.29 is 17.9 Å². The van der Waals surface area contributed by atoms with Gasteiger partial charge in [-0.05, 0) is 36.4 Å². The Morgan fingerprint density at radius 2 is 1.81 bits per heavy atom. The third kappa shape index (κ3) is 4.56. The molecule has 1 heterocycles. The van der Waals surface area contributed by atoms with E-state index in [0.717, 1.165) is 12.0 Å². The molecule has 0 aromatic heterocycles. The number of nitrogens with zero attached hydrogens (tertiary/aromatic N) is 1. The molecule has 1 saturated heterocycles. The van der Waals surface area contributed by atoms with E-state index in [1.54, 1.807) is 29.2 Å². The van der Waals surface area contributed by atoms with Crippen LogP contribution < -0.4 is 4.74 Å². The number of hydrogen-bond acceptors (Lipinski definition) is 4. The van der Waals surface area contributed by atoms with Crippen molar-refractivity contribution in [2.24, 2.45) is 0 Å². The third-order valence-electron chi connectivity index (χ3n) is 4.34. The number of piperidine rings is 1. The molecule has 0 radical (unpaired) electrons. The van der Waals surface area contributed by atoms with Crippen LogP contribution >= 0.6 is 11.6 Å². The van der Waals surface area contributed by atoms with Crippen molar-refractivity contribution >= 4 is 27.3 Å². The lowest BCUT2D eigenvalue weighted by molar-refractivity contribution is 0.0595. The highest BCUT2D eigenvalue weighted by molar-refractivity contribution is 7.90. The molecule has 26 heavy (non-hydrogen) atoms. The van der Waals surface area contributed by atoms with E-state index in [2.05, 4.69) is 0 Å². The standard InChI is InChI=1S/C19H20ClNO4S/c1-26(23,24)18-7-2-4-14(12-18)19(22)21-10-8-16(9-11-21)25-17-6-3-5-15(20)13-17/h2-7,12-13,16H,8-11H2,1H3. The van der Waals surface area contributed by atoms with Gasteiger partial charge in [0.25, 0.3) is 5.91 Å². The van der Waals surface area contributed by atoms with Crippen LogP contribution in [0.2, 0.25) is 5.02 Å². The highest BCUT2D eigenvalue weighted by Crippen LogP contribution is 2.23. The van der Waals surface area contributed by atoms with Gasteiger partial charge in [-0.3, -0.25) is 4.79 Å². The van der Waals surface area contributed by atoms with Gasteiger partial charge < -0.3 is 9.64 Å². The SMILES string of the molecule is CS(=O)(=O)c1cccc(C(=O)N2CCC(Oc3cccc(Cl)c3)CC2)c1. The maximum atomic E-state index is 12.7. The van der Waals surface area contributed by atoms with Crippen molar-refractivity contribution in [2.75, 3.05) is 19.3 Å². The number of sulfone groups is 1. The Bertz CT molecular complexity index is 905. The molecule has 0 aliphatic carbocycles. The maximum absolute atomic E-state index is 12.7. The number of halogens is 1. The monoisotopic (exact) mass is 393 g/mol. The second kappa shape index (κ2) is 7.68. The third-order valence-corrected chi connectivity index (χ3v) is 5.68. The van der Waals surface area contributed by atoms with Gasteiger partial charge in [0.2, 0.25) is 0 Å². The van der Waals surface area contributed by atoms with Gasteiger partial charge in [0.15, 0.2) is 9.84 Å². The minimum Gasteiger partial charge on any atom is -0.490 e. The van der Waals surface area contributed by atoms with Crippen molar-refractivity contribution in [1.29, 1.82) is 0 Å². The van der Waals surface area contributed by atoms with Gasteiger partial charge in [-0.15, -0.1) is 0 Å². The van der Waals surface area contributed by atoms with Crippen molar-refractivity contribution in [2.45, 2.75) is 23.8 Å². The topological polar surface area (TPSA) is 63.7 Å². The van der Waals surface area contributed by atoms with Crippen LogP contribution in [-0.4, -0.2) is 44.7 Å². The summed E-state index contributed by atoms with van der Waals surface area (Å²) in [4.78, 5) is 14.6. The number of carbonyl (C=O) groups excluding carboxylic acids is 1. The summed E-state index contributed by atoms with van der Waals surface area (Å²) in [5.74, 6) is 0.569. The summed E-state index contributed by atoms with van der Waals surface area (Å²) in [6.07, 6.45) is 2.59. The van der Waals surface area contributed by atoms with Crippen LogP contribution in [0.5, 0.6) is 5.75 Å². The molecular formula is C19H20ClNO4S. The van der Waals surface area contributed by atoms with E-state index in [1.807, 2.05) is 12.1 Å². The van der Waals surface area contributed by atoms with Crippen molar-refractivity contribution in [1.82, 2.24) is 4.90 Å². The average molecular weight is 394 g/mol. The summed E-state index contributed by atoms with van der Waals surface area (Å²) < 4.78 is 29.3. The zero-order valence-electron chi connectivity index (χ0n) is 14.4. The predicted molar refractivity (Wildman–Crippen MR) is 101 cm³/mol. The zero-order valence-corrected chi connectivity index (χ0v) is 16.0. The Labute approximate surface area is 158 Å². The van der Waals surface area contributed by atoms with E-state index in [0.29, 0.717) is 36.5 Å². The first-order chi connectivity index (χ1) is 12.3. The lowest BCUT2D eigenvalue weighted by Crippen LogP contribution is -2.41. The Morgan fingerprint density at radius 1 is 1.12 bits per heavy atom. The molecule has 5 nitrogen and oxygen atoms in total. The van der Waals surface area contributed by atoms with Gasteiger partial charge in [0.1, 0.15) is 11.9 Å². The van der Waals surface area contributed by atoms with Gasteiger partial charge in [-0.1, -0.05) is 23.7 Å². The highest BCUT2D eigenvalue weighted by atomic mass is 35.5. The van der Waals surface area contributed by atoms with Gasteiger partial charge in [-0.25, -0.2) is 8.42 Å². The van der Waals surface area contributed by atoms with Crippen molar-refractivity contribution in [3.8, 4) is 5.75 Å². The molecule has 1 fully saturated rings. The molecule has 1 aliphatic rings. The molecule has 1 aliphatic heterocycles. The molecular weight excluding hydrogens is 374 g/mol. The summed E-state index contributed by atoms with van der Waals surface area (Å²) in [7, 11) is -3.34. The normalized spacial score (nSPS) is 15.7. The van der Waals surface area contributed by atoms with E-state index in [-0.39, 0.29) is 16.9 Å². The predicted octanol–water partition coefficient (Wildman–Crippen LogP) is 3.43. The molecule has 0 saturated carbocycles. The van der Waals surface area contributed by atoms with Crippen LogP contribution in [-0.2, 0) is 9.84 Å². The summed E-state index contributed by atoms with van der Waals surface area (Å²) in [6, 6.07) is 13.4. The van der Waals surface area contributed by atoms with Gasteiger partial charge in [-0.2, -0.15) is 0 Å². The Kier molecular flexibility index (Phi) is 5.53. The first kappa shape index (κ1) is 18.7. The Morgan fingerprint density at radius 3 is 2.46 bits per heavy atom. The molecule has 0 spiro atoms. The molecule has 138 valence electrons. The highest BCUT2D eigenvalue weighted by Gasteiger charge is 2.25. The quantitative estimate of drug-likeness (QED) is 0.798. The van der Waals surface area contributed by atoms with Crippen LogP contribution in [0, 0.1) is 0 Å². The van der Waals surface area contributed by atoms with E-state index < -0.39 is 9.84 Å². The molecule has 7 heteroatoms. The average Bonchev–Trinajstić information content (AvgIpc) is 2.61. The second-order valence-corrected chi connectivity index (χ2v) is 8.82. The van der Waals surface area contributed by atoms with Crippen LogP contribution in [0.3, 0.4) is 0 Å². The fourth-order valence-corrected chi connectivity index (χ4v) is 3.80. The summed E-state index contributed by atoms with van der Waals surface area (Å²) in [5.41, 5.74) is 0.391. The summed E-state index contributed by atoms with van der Waals surface area (Å²) >= 11 is 5.96. The van der Waals surface area contributed by atoms with E-state index in [1.165, 1.54) is 12.1 Å². The van der Waals surface area contributed by atoms with Crippen molar-refractivity contribution in [3.05, 3.63) is 59.1 Å². The maximum Gasteiger partial charge on any atom is 0.253 e. The summed E-state index contributed by atoms with van der Waals surface area (Å²) in [6.45, 7) is 1.13. The van der Waals surface area contributed by atoms with Crippen LogP contribution in [0.15, 0.2) is 53.4 Å². The molecule has 3 rings (SSSR count). The lowest BCUT2D eigenvalue weighted by Gasteiger charge is -2.32. The van der Waals surface area contributed by atoms with Gasteiger partial charge >= 0.3 is 0 Å². The number of hydrogen-bond donors (Lipinski definition) is 0. The molecule has 0 bridgehead atoms. The fourth-order valence-electron chi connectivity index (χ4n) is 2.95. The Hall–Kier alpha value is -2.05. The van der Waals surface area contributed by atoms with Gasteiger partial charge in [0, 0.05) is 42.8 Å². The largest absolute Gasteiger partial charge is 0.490 e. The molecule has 2 aromatic carbocycles. The van der Waals surface area contributed by atoms with Crippen LogP contribution in [0.4, 0.5) is 0 Å². The smallest absolute Gasteiger partial charge is 0.253 e. The summed E-state index contributed by atoms with van der Waals surface area (Å²) in [5, 5.41) is 0.626. The number of ether oxygens (including phenoxy) is 1. The number of benzene rings is 2. The number of rotatable bonds is 4. The van der Waals surface area contributed by atoms with Gasteiger partial charge in [0.05, 0.1) is 4.90 Å². The zero-order chi connectivity index (χ0) is 18.7. The van der Waals surface area contributed by atoms with Crippen LogP contribution in [0.25, 0.3) is 0 Å². The first-order valence-corrected chi connectivity index (χ1v) is 10.6. The number of amides is 1. The minimum absolute atomic E-state index is 0.0277. The Balaban J connectivity index is 1.62. The molecule has 0 unspecified atom stereocenters. The first-order valence-electron chi connectivity index (χ1n) is 8.34. The molecule has 0 N–H and O–H groups in total. The lowest BCUT2D eigenvalue weighted by atomic mass is 10.1. The second-order valence-electron chi connectivity index (χ2n) is 6.37. The van der Waals surface area contributed by atoms with Crippen molar-refractivity contribution in [3.63, 3.8) is 0 Å². The number of likely N-dealkylation sites (tertiary alicyclic amines) is 1. The fraction of sp³-hybridized carbons (Fsp3) is 0.316. The molecule has 0 atom stereocenters. The van der Waals surface area contributed by atoms with E-state index in [4.69, 9.17) is 16.3 Å². The van der Waals surface area contributed by atoms with E-state index >= 15 is 0 Å². The van der Waals surface area contributed by atoms with Crippen LogP contribution in [0.1, 0.15) is 23.2 Å².